The van der Waals surface area contributed by atoms with Gasteiger partial charge in [0, 0.05) is 12.1 Å². The smallest absolute Gasteiger partial charge is 0.326 e. The lowest BCUT2D eigenvalue weighted by atomic mass is 9.97. The Hall–Kier alpha value is -3.13. The Morgan fingerprint density at radius 1 is 1.00 bits per heavy atom. The largest absolute Gasteiger partial charge is 0.493 e. The number of fused-ring (bicyclic) bond motifs is 1. The molecule has 0 bridgehead atoms. The highest BCUT2D eigenvalue weighted by molar-refractivity contribution is 7.16. The fourth-order valence-corrected chi connectivity index (χ4v) is 4.81. The molecule has 0 spiro atoms. The lowest BCUT2D eigenvalue weighted by Gasteiger charge is -2.10. The first kappa shape index (κ1) is 23.5. The average Bonchev–Trinajstić information content (AvgIpc) is 3.05. The highest BCUT2D eigenvalue weighted by Gasteiger charge is 2.16. The van der Waals surface area contributed by atoms with E-state index >= 15 is 0 Å². The van der Waals surface area contributed by atoms with E-state index in [-0.39, 0.29) is 25.5 Å². The molecule has 8 heteroatoms. The van der Waals surface area contributed by atoms with E-state index in [0.29, 0.717) is 16.3 Å². The van der Waals surface area contributed by atoms with E-state index in [1.54, 1.807) is 31.8 Å². The second-order valence-corrected chi connectivity index (χ2v) is 8.52. The molecule has 3 aromatic rings. The maximum Gasteiger partial charge on any atom is 0.326 e. The molecule has 3 rings (SSSR count). The number of esters is 1. The second kappa shape index (κ2) is 9.99. The number of nitrogens with zero attached hydrogens (tertiary/aromatic N) is 2. The van der Waals surface area contributed by atoms with Crippen molar-refractivity contribution < 1.29 is 23.8 Å². The highest BCUT2D eigenvalue weighted by Crippen LogP contribution is 2.33. The monoisotopic (exact) mass is 456 g/mol. The van der Waals surface area contributed by atoms with Crippen molar-refractivity contribution in [1.82, 2.24) is 4.57 Å². The Bertz CT molecular complexity index is 1220. The van der Waals surface area contributed by atoms with E-state index in [1.165, 1.54) is 11.3 Å². The van der Waals surface area contributed by atoms with Gasteiger partial charge in [-0.15, -0.1) is 0 Å². The number of hydrogen-bond donors (Lipinski definition) is 0. The molecule has 1 heterocycles. The molecule has 170 valence electrons. The van der Waals surface area contributed by atoms with Gasteiger partial charge in [0.2, 0.25) is 0 Å². The number of benzene rings is 2. The number of amides is 1. The molecule has 0 aliphatic carbocycles. The quantitative estimate of drug-likeness (QED) is 0.504. The number of carbonyl (C=O) groups is 2. The third-order valence-corrected chi connectivity index (χ3v) is 6.21. The summed E-state index contributed by atoms with van der Waals surface area (Å²) in [6.45, 7) is 8.01. The van der Waals surface area contributed by atoms with Crippen molar-refractivity contribution in [3.8, 4) is 11.5 Å². The number of ether oxygens (including phenoxy) is 3. The molecule has 1 aromatic heterocycles. The Morgan fingerprint density at radius 2 is 1.62 bits per heavy atom. The van der Waals surface area contributed by atoms with Gasteiger partial charge in [-0.05, 0) is 44.4 Å². The third-order valence-electron chi connectivity index (χ3n) is 5.17. The summed E-state index contributed by atoms with van der Waals surface area (Å²) >= 11 is 1.31. The zero-order valence-corrected chi connectivity index (χ0v) is 20.1. The van der Waals surface area contributed by atoms with Gasteiger partial charge in [-0.25, -0.2) is 0 Å². The first-order valence-electron chi connectivity index (χ1n) is 10.3. The summed E-state index contributed by atoms with van der Waals surface area (Å²) in [5.74, 6) is 0.414. The molecule has 1 amide bonds. The van der Waals surface area contributed by atoms with Gasteiger partial charge < -0.3 is 18.8 Å². The van der Waals surface area contributed by atoms with Crippen molar-refractivity contribution >= 4 is 33.4 Å². The summed E-state index contributed by atoms with van der Waals surface area (Å²) in [6.07, 6.45) is 0.193. The molecule has 0 radical (unpaired) electrons. The molecule has 32 heavy (non-hydrogen) atoms. The standard InChI is InChI=1S/C24H28N2O5S/c1-7-31-23(28)13-26-18-11-19(29-5)20(30-6)12-21(18)32-24(26)25-22(27)10-17-15(3)8-14(2)9-16(17)4/h8-9,11-12H,7,10,13H2,1-6H3. The van der Waals surface area contributed by atoms with Gasteiger partial charge in [0.05, 0.1) is 37.5 Å². The van der Waals surface area contributed by atoms with Crippen LogP contribution >= 0.6 is 11.3 Å². The van der Waals surface area contributed by atoms with E-state index in [2.05, 4.69) is 17.1 Å². The van der Waals surface area contributed by atoms with Crippen LogP contribution in [0.25, 0.3) is 10.2 Å². The number of aromatic nitrogens is 1. The van der Waals surface area contributed by atoms with Gasteiger partial charge in [-0.1, -0.05) is 29.0 Å². The van der Waals surface area contributed by atoms with Crippen molar-refractivity contribution in [1.29, 1.82) is 0 Å². The number of hydrogen-bond acceptors (Lipinski definition) is 6. The molecule has 0 aliphatic rings. The van der Waals surface area contributed by atoms with Crippen molar-refractivity contribution in [3.63, 3.8) is 0 Å². The van der Waals surface area contributed by atoms with Crippen molar-refractivity contribution in [3.05, 3.63) is 51.3 Å². The van der Waals surface area contributed by atoms with E-state index < -0.39 is 5.97 Å². The summed E-state index contributed by atoms with van der Waals surface area (Å²) in [7, 11) is 3.11. The van der Waals surface area contributed by atoms with Crippen LogP contribution in [0, 0.1) is 20.8 Å². The van der Waals surface area contributed by atoms with Crippen molar-refractivity contribution in [2.24, 2.45) is 4.99 Å². The Morgan fingerprint density at radius 3 is 2.22 bits per heavy atom. The van der Waals surface area contributed by atoms with Crippen LogP contribution in [0.5, 0.6) is 11.5 Å². The third kappa shape index (κ3) is 5.02. The summed E-state index contributed by atoms with van der Waals surface area (Å²) in [4.78, 5) is 30.0. The minimum atomic E-state index is -0.402. The zero-order chi connectivity index (χ0) is 23.4. The minimum absolute atomic E-state index is 0.0575. The molecule has 0 atom stereocenters. The molecular weight excluding hydrogens is 428 g/mol. The van der Waals surface area contributed by atoms with E-state index in [1.807, 2.05) is 26.8 Å². The first-order chi connectivity index (χ1) is 15.3. The number of thiazole rings is 1. The lowest BCUT2D eigenvalue weighted by molar-refractivity contribution is -0.143. The lowest BCUT2D eigenvalue weighted by Crippen LogP contribution is -2.23. The normalized spacial score (nSPS) is 11.6. The molecular formula is C24H28N2O5S. The zero-order valence-electron chi connectivity index (χ0n) is 19.3. The summed E-state index contributed by atoms with van der Waals surface area (Å²) in [5, 5.41) is 0. The van der Waals surface area contributed by atoms with Gasteiger partial charge in [0.15, 0.2) is 16.3 Å². The van der Waals surface area contributed by atoms with Crippen molar-refractivity contribution in [2.45, 2.75) is 40.7 Å². The van der Waals surface area contributed by atoms with Gasteiger partial charge in [0.25, 0.3) is 5.91 Å². The molecule has 2 aromatic carbocycles. The van der Waals surface area contributed by atoms with E-state index in [4.69, 9.17) is 14.2 Å². The maximum atomic E-state index is 12.9. The van der Waals surface area contributed by atoms with E-state index in [9.17, 15) is 9.59 Å². The molecule has 0 fully saturated rings. The van der Waals surface area contributed by atoms with Crippen LogP contribution in [-0.4, -0.2) is 37.3 Å². The predicted octanol–water partition coefficient (Wildman–Crippen LogP) is 3.88. The minimum Gasteiger partial charge on any atom is -0.493 e. The maximum absolute atomic E-state index is 12.9. The van der Waals surface area contributed by atoms with Gasteiger partial charge in [0.1, 0.15) is 6.54 Å². The van der Waals surface area contributed by atoms with Crippen LogP contribution in [0.3, 0.4) is 0 Å². The van der Waals surface area contributed by atoms with Crippen LogP contribution in [0.2, 0.25) is 0 Å². The van der Waals surface area contributed by atoms with E-state index in [0.717, 1.165) is 32.5 Å². The second-order valence-electron chi connectivity index (χ2n) is 7.51. The van der Waals surface area contributed by atoms with Gasteiger partial charge in [-0.3, -0.25) is 9.59 Å². The first-order valence-corrected chi connectivity index (χ1v) is 11.1. The Balaban J connectivity index is 2.10. The molecule has 0 saturated heterocycles. The average molecular weight is 457 g/mol. The summed E-state index contributed by atoms with van der Waals surface area (Å²) in [5.41, 5.74) is 4.99. The number of aryl methyl sites for hydroxylation is 3. The Labute approximate surface area is 191 Å². The summed E-state index contributed by atoms with van der Waals surface area (Å²) in [6, 6.07) is 7.73. The van der Waals surface area contributed by atoms with Gasteiger partial charge >= 0.3 is 5.97 Å². The molecule has 0 saturated carbocycles. The van der Waals surface area contributed by atoms with Crippen LogP contribution in [0.1, 0.15) is 29.2 Å². The number of carbonyl (C=O) groups excluding carboxylic acids is 2. The van der Waals surface area contributed by atoms with Crippen molar-refractivity contribution in [2.75, 3.05) is 20.8 Å². The molecule has 0 N–H and O–H groups in total. The summed E-state index contributed by atoms with van der Waals surface area (Å²) < 4.78 is 18.4. The predicted molar refractivity (Wildman–Crippen MR) is 124 cm³/mol. The fraction of sp³-hybridized carbons (Fsp3) is 0.375. The SMILES string of the molecule is CCOC(=O)Cn1c(=NC(=O)Cc2c(C)cc(C)cc2C)sc2cc(OC)c(OC)cc21. The van der Waals surface area contributed by atoms with Gasteiger partial charge in [-0.2, -0.15) is 4.99 Å². The topological polar surface area (TPSA) is 79.1 Å². The van der Waals surface area contributed by atoms with Crippen LogP contribution < -0.4 is 14.3 Å². The highest BCUT2D eigenvalue weighted by atomic mass is 32.1. The molecule has 7 nitrogen and oxygen atoms in total. The Kier molecular flexibility index (Phi) is 7.35. The van der Waals surface area contributed by atoms with Crippen LogP contribution in [0.15, 0.2) is 29.3 Å². The number of methoxy groups -OCH3 is 2. The fourth-order valence-electron chi connectivity index (χ4n) is 3.76. The number of rotatable bonds is 7. The molecule has 0 unspecified atom stereocenters. The van der Waals surface area contributed by atoms with Crippen LogP contribution in [0.4, 0.5) is 0 Å². The van der Waals surface area contributed by atoms with Crippen LogP contribution in [-0.2, 0) is 27.3 Å². The molecule has 0 aliphatic heterocycles.